The first kappa shape index (κ1) is 14.3. The van der Waals surface area contributed by atoms with Crippen LogP contribution >= 0.6 is 0 Å². The van der Waals surface area contributed by atoms with Gasteiger partial charge in [0.05, 0.1) is 5.25 Å². The van der Waals surface area contributed by atoms with Gasteiger partial charge in [-0.2, -0.15) is 0 Å². The van der Waals surface area contributed by atoms with E-state index >= 15 is 0 Å². The molecule has 4 nitrogen and oxygen atoms in total. The Hall–Kier alpha value is -0.130. The number of nitrogens with zero attached hydrogens (tertiary/aromatic N) is 1. The van der Waals surface area contributed by atoms with E-state index in [1.54, 1.807) is 11.4 Å². The molecule has 0 spiro atoms. The zero-order valence-corrected chi connectivity index (χ0v) is 12.3. The van der Waals surface area contributed by atoms with Crippen molar-refractivity contribution in [2.45, 2.75) is 44.3 Å². The Labute approximate surface area is 111 Å². The standard InChI is InChI=1S/C13H26N2O2S/c1-3-13(8-14)18(16,17)15(2)9-12-7-10-4-5-11(12)6-10/h10-13H,3-9,14H2,1-2H3. The van der Waals surface area contributed by atoms with Gasteiger partial charge in [-0.1, -0.05) is 13.3 Å². The summed E-state index contributed by atoms with van der Waals surface area (Å²) in [4.78, 5) is 0. The summed E-state index contributed by atoms with van der Waals surface area (Å²) in [6, 6.07) is 0. The van der Waals surface area contributed by atoms with Gasteiger partial charge in [0.2, 0.25) is 10.0 Å². The summed E-state index contributed by atoms with van der Waals surface area (Å²) in [5, 5.41) is -0.416. The smallest absolute Gasteiger partial charge is 0.217 e. The highest BCUT2D eigenvalue weighted by molar-refractivity contribution is 7.89. The topological polar surface area (TPSA) is 63.4 Å². The van der Waals surface area contributed by atoms with Crippen molar-refractivity contribution >= 4 is 10.0 Å². The van der Waals surface area contributed by atoms with Crippen LogP contribution in [0.2, 0.25) is 0 Å². The summed E-state index contributed by atoms with van der Waals surface area (Å²) in [5.41, 5.74) is 5.57. The van der Waals surface area contributed by atoms with Gasteiger partial charge in [0, 0.05) is 20.1 Å². The van der Waals surface area contributed by atoms with Crippen LogP contribution in [0.3, 0.4) is 0 Å². The van der Waals surface area contributed by atoms with E-state index in [0.29, 0.717) is 18.9 Å². The lowest BCUT2D eigenvalue weighted by molar-refractivity contribution is 0.279. The van der Waals surface area contributed by atoms with Crippen LogP contribution in [0, 0.1) is 17.8 Å². The van der Waals surface area contributed by atoms with Crippen molar-refractivity contribution in [2.75, 3.05) is 20.1 Å². The molecule has 0 heterocycles. The summed E-state index contributed by atoms with van der Waals surface area (Å²) in [7, 11) is -1.48. The highest BCUT2D eigenvalue weighted by atomic mass is 32.2. The van der Waals surface area contributed by atoms with Crippen molar-refractivity contribution in [1.82, 2.24) is 4.31 Å². The van der Waals surface area contributed by atoms with Crippen molar-refractivity contribution in [3.05, 3.63) is 0 Å². The van der Waals surface area contributed by atoms with Crippen molar-refractivity contribution in [1.29, 1.82) is 0 Å². The molecule has 4 atom stereocenters. The van der Waals surface area contributed by atoms with Gasteiger partial charge < -0.3 is 5.73 Å². The first-order valence-electron chi connectivity index (χ1n) is 7.14. The van der Waals surface area contributed by atoms with E-state index in [4.69, 9.17) is 5.73 Å². The fraction of sp³-hybridized carbons (Fsp3) is 1.00. The van der Waals surface area contributed by atoms with E-state index in [9.17, 15) is 8.42 Å². The second-order valence-electron chi connectivity index (χ2n) is 6.03. The van der Waals surface area contributed by atoms with Crippen LogP contribution in [-0.2, 0) is 10.0 Å². The number of sulfonamides is 1. The zero-order chi connectivity index (χ0) is 13.3. The summed E-state index contributed by atoms with van der Waals surface area (Å²) >= 11 is 0. The SMILES string of the molecule is CCC(CN)S(=O)(=O)N(C)CC1CC2CCC1C2. The van der Waals surface area contributed by atoms with E-state index in [-0.39, 0.29) is 6.54 Å². The van der Waals surface area contributed by atoms with E-state index in [2.05, 4.69) is 0 Å². The molecule has 5 heteroatoms. The molecule has 106 valence electrons. The average molecular weight is 274 g/mol. The molecule has 2 rings (SSSR count). The molecule has 0 radical (unpaired) electrons. The summed E-state index contributed by atoms with van der Waals surface area (Å²) in [6.07, 6.45) is 5.81. The monoisotopic (exact) mass is 274 g/mol. The lowest BCUT2D eigenvalue weighted by atomic mass is 9.89. The molecular weight excluding hydrogens is 248 g/mol. The average Bonchev–Trinajstić information content (AvgIpc) is 2.92. The molecular formula is C13H26N2O2S. The van der Waals surface area contributed by atoms with Gasteiger partial charge in [0.1, 0.15) is 0 Å². The Bertz CT molecular complexity index is 378. The largest absolute Gasteiger partial charge is 0.329 e. The highest BCUT2D eigenvalue weighted by Gasteiger charge is 2.41. The summed E-state index contributed by atoms with van der Waals surface area (Å²) < 4.78 is 26.2. The predicted octanol–water partition coefficient (Wildman–Crippen LogP) is 1.42. The molecule has 0 aromatic heterocycles. The summed E-state index contributed by atoms with van der Waals surface area (Å²) in [5.74, 6) is 2.22. The normalized spacial score (nSPS) is 33.2. The highest BCUT2D eigenvalue weighted by Crippen LogP contribution is 2.48. The molecule has 0 saturated heterocycles. The molecule has 18 heavy (non-hydrogen) atoms. The second-order valence-corrected chi connectivity index (χ2v) is 8.35. The van der Waals surface area contributed by atoms with Crippen LogP contribution in [0.25, 0.3) is 0 Å². The van der Waals surface area contributed by atoms with Crippen LogP contribution in [0.1, 0.15) is 39.0 Å². The molecule has 2 N–H and O–H groups in total. The predicted molar refractivity (Wildman–Crippen MR) is 73.6 cm³/mol. The van der Waals surface area contributed by atoms with E-state index in [1.165, 1.54) is 25.7 Å². The molecule has 2 bridgehead atoms. The van der Waals surface area contributed by atoms with Crippen molar-refractivity contribution in [2.24, 2.45) is 23.5 Å². The Morgan fingerprint density at radius 3 is 2.50 bits per heavy atom. The minimum absolute atomic E-state index is 0.222. The molecule has 0 aromatic carbocycles. The lowest BCUT2D eigenvalue weighted by Crippen LogP contribution is -2.42. The molecule has 2 aliphatic carbocycles. The van der Waals surface area contributed by atoms with Gasteiger partial charge in [0.25, 0.3) is 0 Å². The van der Waals surface area contributed by atoms with Crippen LogP contribution in [0.15, 0.2) is 0 Å². The van der Waals surface area contributed by atoms with Gasteiger partial charge in [-0.25, -0.2) is 12.7 Å². The molecule has 2 aliphatic rings. The first-order chi connectivity index (χ1) is 8.48. The Morgan fingerprint density at radius 1 is 1.33 bits per heavy atom. The molecule has 0 amide bonds. The molecule has 0 aliphatic heterocycles. The van der Waals surface area contributed by atoms with E-state index < -0.39 is 15.3 Å². The van der Waals surface area contributed by atoms with Crippen molar-refractivity contribution < 1.29 is 8.42 Å². The van der Waals surface area contributed by atoms with Crippen LogP contribution < -0.4 is 5.73 Å². The molecule has 2 fully saturated rings. The number of nitrogens with two attached hydrogens (primary N) is 1. The number of fused-ring (bicyclic) bond motifs is 2. The number of rotatable bonds is 6. The fourth-order valence-electron chi connectivity index (χ4n) is 3.79. The van der Waals surface area contributed by atoms with E-state index in [1.807, 2.05) is 6.92 Å². The van der Waals surface area contributed by atoms with Crippen LogP contribution in [-0.4, -0.2) is 38.1 Å². The maximum Gasteiger partial charge on any atom is 0.217 e. The van der Waals surface area contributed by atoms with E-state index in [0.717, 1.165) is 11.8 Å². The number of hydrogen-bond acceptors (Lipinski definition) is 3. The fourth-order valence-corrected chi connectivity index (χ4v) is 5.36. The van der Waals surface area contributed by atoms with Crippen LogP contribution in [0.5, 0.6) is 0 Å². The van der Waals surface area contributed by atoms with Gasteiger partial charge in [0.15, 0.2) is 0 Å². The second kappa shape index (κ2) is 5.47. The Morgan fingerprint density at radius 2 is 2.06 bits per heavy atom. The van der Waals surface area contributed by atoms with Gasteiger partial charge in [-0.3, -0.25) is 0 Å². The molecule has 4 unspecified atom stereocenters. The van der Waals surface area contributed by atoms with Crippen LogP contribution in [0.4, 0.5) is 0 Å². The van der Waals surface area contributed by atoms with Gasteiger partial charge in [-0.05, 0) is 43.4 Å². The summed E-state index contributed by atoms with van der Waals surface area (Å²) in [6.45, 7) is 2.81. The molecule has 2 saturated carbocycles. The maximum absolute atomic E-state index is 12.3. The quantitative estimate of drug-likeness (QED) is 0.797. The third-order valence-corrected chi connectivity index (χ3v) is 7.34. The minimum atomic E-state index is -3.20. The maximum atomic E-state index is 12.3. The third kappa shape index (κ3) is 2.58. The minimum Gasteiger partial charge on any atom is -0.329 e. The van der Waals surface area contributed by atoms with Gasteiger partial charge in [-0.15, -0.1) is 0 Å². The van der Waals surface area contributed by atoms with Crippen molar-refractivity contribution in [3.63, 3.8) is 0 Å². The third-order valence-electron chi connectivity index (χ3n) is 4.95. The van der Waals surface area contributed by atoms with Gasteiger partial charge >= 0.3 is 0 Å². The Balaban J connectivity index is 1.97. The van der Waals surface area contributed by atoms with Crippen molar-refractivity contribution in [3.8, 4) is 0 Å². The first-order valence-corrected chi connectivity index (χ1v) is 8.64. The zero-order valence-electron chi connectivity index (χ0n) is 11.5. The molecule has 0 aromatic rings. The number of hydrogen-bond donors (Lipinski definition) is 1. The lowest BCUT2D eigenvalue weighted by Gasteiger charge is -2.29. The Kier molecular flexibility index (Phi) is 4.34.